The number of nitrogens with one attached hydrogen (secondary N) is 2. The van der Waals surface area contributed by atoms with Crippen LogP contribution in [-0.4, -0.2) is 37.6 Å². The summed E-state index contributed by atoms with van der Waals surface area (Å²) in [6, 6.07) is 6.15. The molecule has 0 aromatic carbocycles. The van der Waals surface area contributed by atoms with Gasteiger partial charge in [0.15, 0.2) is 11.3 Å². The first-order chi connectivity index (χ1) is 15.1. The van der Waals surface area contributed by atoms with Crippen LogP contribution in [0, 0.1) is 0 Å². The summed E-state index contributed by atoms with van der Waals surface area (Å²) in [5, 5.41) is 10.4. The Morgan fingerprint density at radius 3 is 2.42 bits per heavy atom. The van der Waals surface area contributed by atoms with Gasteiger partial charge in [0.25, 0.3) is 5.91 Å². The first kappa shape index (κ1) is 21.0. The fraction of sp³-hybridized carbons (Fsp3) is 0.455. The number of carbonyl (C=O) groups excluding carboxylic acids is 1. The fourth-order valence-electron chi connectivity index (χ4n) is 3.79. The summed E-state index contributed by atoms with van der Waals surface area (Å²) < 4.78 is 1.48. The summed E-state index contributed by atoms with van der Waals surface area (Å²) in [7, 11) is 0. The Labute approximate surface area is 181 Å². The molecule has 1 amide bonds. The average molecular weight is 423 g/mol. The molecule has 2 saturated carbocycles. The number of nitrogens with zero attached hydrogens (tertiary/aromatic N) is 4. The number of aromatic nitrogens is 4. The Bertz CT molecular complexity index is 1010. The van der Waals surface area contributed by atoms with Gasteiger partial charge in [-0.15, -0.1) is 5.10 Å². The molecule has 2 aliphatic rings. The number of hydrogen-bond donors (Lipinski definition) is 4. The Morgan fingerprint density at radius 1 is 1.06 bits per heavy atom. The number of nitrogens with two attached hydrogens (primary N) is 2. The Balaban J connectivity index is 0.000000282. The van der Waals surface area contributed by atoms with Crippen LogP contribution in [0.4, 0.5) is 17.2 Å². The predicted octanol–water partition coefficient (Wildman–Crippen LogP) is 3.20. The van der Waals surface area contributed by atoms with Crippen LogP contribution in [0.1, 0.15) is 61.9 Å². The van der Waals surface area contributed by atoms with Crippen molar-refractivity contribution in [3.8, 4) is 0 Å². The van der Waals surface area contributed by atoms with Crippen molar-refractivity contribution in [2.45, 2.75) is 63.5 Å². The molecular weight excluding hydrogens is 392 g/mol. The topological polar surface area (TPSA) is 136 Å². The van der Waals surface area contributed by atoms with Gasteiger partial charge in [0, 0.05) is 36.2 Å². The summed E-state index contributed by atoms with van der Waals surface area (Å²) in [5.41, 5.74) is 13.9. The summed E-state index contributed by atoms with van der Waals surface area (Å²) >= 11 is 0. The number of rotatable bonds is 4. The van der Waals surface area contributed by atoms with Crippen LogP contribution in [0.2, 0.25) is 0 Å². The minimum Gasteiger partial charge on any atom is -0.382 e. The average Bonchev–Trinajstić information content (AvgIpc) is 3.16. The van der Waals surface area contributed by atoms with E-state index < -0.39 is 0 Å². The molecule has 2 fully saturated rings. The molecular formula is C22H30N8O. The lowest BCUT2D eigenvalue weighted by molar-refractivity contribution is 0.102. The van der Waals surface area contributed by atoms with Crippen LogP contribution in [0.5, 0.6) is 0 Å². The third-order valence-corrected chi connectivity index (χ3v) is 5.77. The van der Waals surface area contributed by atoms with Crippen molar-refractivity contribution in [1.29, 1.82) is 0 Å². The normalized spacial score (nSPS) is 16.8. The van der Waals surface area contributed by atoms with Gasteiger partial charge in [0.05, 0.1) is 11.9 Å². The van der Waals surface area contributed by atoms with Crippen LogP contribution >= 0.6 is 0 Å². The molecule has 3 heterocycles. The van der Waals surface area contributed by atoms with E-state index in [0.717, 1.165) is 18.5 Å². The van der Waals surface area contributed by atoms with Crippen LogP contribution in [0.3, 0.4) is 0 Å². The van der Waals surface area contributed by atoms with Gasteiger partial charge in [-0.3, -0.25) is 9.78 Å². The first-order valence-corrected chi connectivity index (χ1v) is 11.0. The van der Waals surface area contributed by atoms with Crippen molar-refractivity contribution in [3.05, 3.63) is 42.5 Å². The monoisotopic (exact) mass is 422 g/mol. The lowest BCUT2D eigenvalue weighted by Crippen LogP contribution is -2.27. The number of nitrogen functional groups attached to an aromatic ring is 1. The number of carbonyl (C=O) groups is 1. The zero-order valence-corrected chi connectivity index (χ0v) is 17.6. The molecule has 5 rings (SSSR count). The molecule has 164 valence electrons. The SMILES string of the molecule is NC1CCCCC1.Nc1cc(NC2CCC2)c2ncc(C(=O)Nc3ccncc3)n2n1. The van der Waals surface area contributed by atoms with Crippen LogP contribution in [-0.2, 0) is 0 Å². The number of fused-ring (bicyclic) bond motifs is 1. The third-order valence-electron chi connectivity index (χ3n) is 5.77. The molecule has 0 aliphatic heterocycles. The maximum absolute atomic E-state index is 12.5. The van der Waals surface area contributed by atoms with Crippen molar-refractivity contribution in [2.75, 3.05) is 16.4 Å². The van der Waals surface area contributed by atoms with Crippen molar-refractivity contribution in [1.82, 2.24) is 19.6 Å². The zero-order valence-electron chi connectivity index (χ0n) is 17.6. The van der Waals surface area contributed by atoms with Gasteiger partial charge < -0.3 is 22.1 Å². The molecule has 9 heteroatoms. The molecule has 0 saturated heterocycles. The molecule has 3 aromatic heterocycles. The van der Waals surface area contributed by atoms with Crippen LogP contribution in [0.15, 0.2) is 36.8 Å². The van der Waals surface area contributed by atoms with E-state index in [-0.39, 0.29) is 5.91 Å². The lowest BCUT2D eigenvalue weighted by atomic mass is 9.93. The van der Waals surface area contributed by atoms with Gasteiger partial charge >= 0.3 is 0 Å². The second kappa shape index (κ2) is 9.74. The van der Waals surface area contributed by atoms with E-state index in [4.69, 9.17) is 11.5 Å². The Kier molecular flexibility index (Phi) is 6.61. The quantitative estimate of drug-likeness (QED) is 0.507. The van der Waals surface area contributed by atoms with E-state index in [1.807, 2.05) is 0 Å². The van der Waals surface area contributed by atoms with Gasteiger partial charge in [-0.25, -0.2) is 9.50 Å². The lowest BCUT2D eigenvalue weighted by Gasteiger charge is -2.27. The summed E-state index contributed by atoms with van der Waals surface area (Å²) in [4.78, 5) is 20.8. The predicted molar refractivity (Wildman–Crippen MR) is 122 cm³/mol. The summed E-state index contributed by atoms with van der Waals surface area (Å²) in [6.07, 6.45) is 14.9. The first-order valence-electron chi connectivity index (χ1n) is 11.0. The molecule has 0 atom stereocenters. The number of anilines is 3. The van der Waals surface area contributed by atoms with Crippen LogP contribution in [0.25, 0.3) is 5.65 Å². The van der Waals surface area contributed by atoms with E-state index >= 15 is 0 Å². The van der Waals surface area contributed by atoms with Crippen molar-refractivity contribution < 1.29 is 4.79 Å². The molecule has 0 radical (unpaired) electrons. The van der Waals surface area contributed by atoms with Crippen LogP contribution < -0.4 is 22.1 Å². The highest BCUT2D eigenvalue weighted by atomic mass is 16.2. The molecule has 0 unspecified atom stereocenters. The van der Waals surface area contributed by atoms with Gasteiger partial charge in [0.2, 0.25) is 0 Å². The number of imidazole rings is 1. The fourth-order valence-corrected chi connectivity index (χ4v) is 3.79. The summed E-state index contributed by atoms with van der Waals surface area (Å²) in [5.74, 6) is 0.0293. The van der Waals surface area contributed by atoms with Gasteiger partial charge in [-0.1, -0.05) is 19.3 Å². The Hall–Kier alpha value is -3.20. The minimum absolute atomic E-state index is 0.304. The van der Waals surface area contributed by atoms with Gasteiger partial charge in [0.1, 0.15) is 5.82 Å². The second-order valence-electron chi connectivity index (χ2n) is 8.22. The molecule has 0 bridgehead atoms. The highest BCUT2D eigenvalue weighted by Gasteiger charge is 2.21. The van der Waals surface area contributed by atoms with Crippen molar-refractivity contribution in [3.63, 3.8) is 0 Å². The number of pyridine rings is 1. The Morgan fingerprint density at radius 2 is 1.81 bits per heavy atom. The standard InChI is InChI=1S/C16H17N7O.C6H13N/c17-14-8-12(20-10-2-1-3-10)15-19-9-13(23(15)22-14)16(24)21-11-4-6-18-7-5-11;7-6-4-2-1-3-5-6/h4-10,20H,1-3H2,(H2,17,22)(H,18,21,24);6H,1-5,7H2. The maximum atomic E-state index is 12.5. The maximum Gasteiger partial charge on any atom is 0.276 e. The molecule has 31 heavy (non-hydrogen) atoms. The van der Waals surface area contributed by atoms with E-state index in [1.54, 1.807) is 30.6 Å². The number of hydrogen-bond acceptors (Lipinski definition) is 7. The van der Waals surface area contributed by atoms with Crippen molar-refractivity contribution >= 4 is 28.7 Å². The highest BCUT2D eigenvalue weighted by molar-refractivity contribution is 6.03. The second-order valence-corrected chi connectivity index (χ2v) is 8.22. The molecule has 0 spiro atoms. The van der Waals surface area contributed by atoms with E-state index in [1.165, 1.54) is 49.2 Å². The van der Waals surface area contributed by atoms with Gasteiger partial charge in [-0.05, 0) is 44.2 Å². The molecule has 6 N–H and O–H groups in total. The smallest absolute Gasteiger partial charge is 0.276 e. The van der Waals surface area contributed by atoms with E-state index in [9.17, 15) is 4.79 Å². The largest absolute Gasteiger partial charge is 0.382 e. The van der Waals surface area contributed by atoms with E-state index in [0.29, 0.717) is 34.9 Å². The highest BCUT2D eigenvalue weighted by Crippen LogP contribution is 2.26. The van der Waals surface area contributed by atoms with E-state index in [2.05, 4.69) is 25.7 Å². The molecule has 9 nitrogen and oxygen atoms in total. The third kappa shape index (κ3) is 5.29. The number of amides is 1. The molecule has 2 aliphatic carbocycles. The zero-order chi connectivity index (χ0) is 21.6. The van der Waals surface area contributed by atoms with Gasteiger partial charge in [-0.2, -0.15) is 0 Å². The molecule has 3 aromatic rings. The van der Waals surface area contributed by atoms with Crippen molar-refractivity contribution in [2.24, 2.45) is 5.73 Å². The summed E-state index contributed by atoms with van der Waals surface area (Å²) in [6.45, 7) is 0. The minimum atomic E-state index is -0.304.